The Bertz CT molecular complexity index is 745. The van der Waals surface area contributed by atoms with Gasteiger partial charge >= 0.3 is 0 Å². The fourth-order valence-corrected chi connectivity index (χ4v) is 5.31. The van der Waals surface area contributed by atoms with Crippen LogP contribution >= 0.6 is 11.8 Å². The van der Waals surface area contributed by atoms with Gasteiger partial charge in [-0.15, -0.1) is 10.2 Å². The van der Waals surface area contributed by atoms with Crippen LogP contribution in [0.15, 0.2) is 29.6 Å². The van der Waals surface area contributed by atoms with Gasteiger partial charge in [-0.1, -0.05) is 24.2 Å². The number of carbonyl (C=O) groups excluding carboxylic acids is 1. The molecular weight excluding hydrogens is 320 g/mol. The van der Waals surface area contributed by atoms with E-state index in [1.165, 1.54) is 37.4 Å². The third kappa shape index (κ3) is 2.92. The van der Waals surface area contributed by atoms with Gasteiger partial charge in [-0.25, -0.2) is 0 Å². The molecule has 5 nitrogen and oxygen atoms in total. The maximum atomic E-state index is 12.6. The summed E-state index contributed by atoms with van der Waals surface area (Å²) in [6, 6.07) is 6.07. The third-order valence-electron chi connectivity index (χ3n) is 5.74. The van der Waals surface area contributed by atoms with Crippen LogP contribution in [-0.2, 0) is 4.79 Å². The first-order valence-electron chi connectivity index (χ1n) is 8.88. The average Bonchev–Trinajstić information content (AvgIpc) is 3.30. The van der Waals surface area contributed by atoms with Crippen LogP contribution in [0.5, 0.6) is 0 Å². The minimum Gasteiger partial charge on any atom is -0.352 e. The first-order chi connectivity index (χ1) is 11.6. The smallest absolute Gasteiger partial charge is 0.233 e. The number of nitrogens with one attached hydrogen (secondary N) is 1. The molecule has 5 atom stereocenters. The van der Waals surface area contributed by atoms with Crippen molar-refractivity contribution in [2.45, 2.75) is 56.0 Å². The van der Waals surface area contributed by atoms with Gasteiger partial charge in [-0.05, 0) is 63.0 Å². The van der Waals surface area contributed by atoms with Crippen LogP contribution in [-0.4, -0.2) is 31.8 Å². The molecule has 2 saturated carbocycles. The summed E-state index contributed by atoms with van der Waals surface area (Å²) in [5.41, 5.74) is 0.808. The molecule has 2 fully saturated rings. The first-order valence-corrected chi connectivity index (χ1v) is 9.76. The Labute approximate surface area is 146 Å². The maximum absolute atomic E-state index is 12.6. The molecule has 2 bridgehead atoms. The molecule has 2 aromatic heterocycles. The number of nitrogens with zero attached hydrogens (tertiary/aromatic N) is 3. The van der Waals surface area contributed by atoms with E-state index in [4.69, 9.17) is 0 Å². The molecule has 0 spiro atoms. The van der Waals surface area contributed by atoms with E-state index in [0.29, 0.717) is 5.92 Å². The lowest BCUT2D eigenvalue weighted by molar-refractivity contribution is -0.121. The van der Waals surface area contributed by atoms with Gasteiger partial charge in [0.2, 0.25) is 5.91 Å². The van der Waals surface area contributed by atoms with E-state index < -0.39 is 0 Å². The van der Waals surface area contributed by atoms with Crippen molar-refractivity contribution in [3.63, 3.8) is 0 Å². The highest BCUT2D eigenvalue weighted by atomic mass is 32.2. The standard InChI is InChI=1S/C18H24N4OS/c1-11(15-10-13-6-7-14(15)9-13)19-17(23)12(2)24-18-21-20-16-5-3-4-8-22(16)18/h3-5,8,11-15H,6-7,9-10H2,1-2H3,(H,19,23)/t11-,12+,13+,14+,15-/m1/s1. The lowest BCUT2D eigenvalue weighted by atomic mass is 9.84. The molecule has 0 saturated heterocycles. The largest absolute Gasteiger partial charge is 0.352 e. The Kier molecular flexibility index (Phi) is 4.24. The normalized spacial score (nSPS) is 28.2. The molecular formula is C18H24N4OS. The first kappa shape index (κ1) is 15.9. The quantitative estimate of drug-likeness (QED) is 0.847. The minimum absolute atomic E-state index is 0.1000. The molecule has 0 radical (unpaired) electrons. The van der Waals surface area contributed by atoms with Crippen LogP contribution in [0.25, 0.3) is 5.65 Å². The average molecular weight is 344 g/mol. The van der Waals surface area contributed by atoms with Crippen molar-refractivity contribution < 1.29 is 4.79 Å². The fraction of sp³-hybridized carbons (Fsp3) is 0.611. The van der Waals surface area contributed by atoms with Crippen LogP contribution in [0, 0.1) is 17.8 Å². The number of rotatable bonds is 5. The zero-order chi connectivity index (χ0) is 16.7. The van der Waals surface area contributed by atoms with E-state index in [-0.39, 0.29) is 17.2 Å². The molecule has 24 heavy (non-hydrogen) atoms. The summed E-state index contributed by atoms with van der Waals surface area (Å²) in [5, 5.41) is 12.2. The van der Waals surface area contributed by atoms with E-state index in [1.54, 1.807) is 0 Å². The van der Waals surface area contributed by atoms with Gasteiger partial charge in [-0.3, -0.25) is 9.20 Å². The van der Waals surface area contributed by atoms with E-state index in [2.05, 4.69) is 22.4 Å². The van der Waals surface area contributed by atoms with Crippen LogP contribution in [0.4, 0.5) is 0 Å². The summed E-state index contributed by atoms with van der Waals surface area (Å²) in [6.07, 6.45) is 7.35. The summed E-state index contributed by atoms with van der Waals surface area (Å²) < 4.78 is 1.92. The van der Waals surface area contributed by atoms with Gasteiger partial charge in [0, 0.05) is 12.2 Å². The monoisotopic (exact) mass is 344 g/mol. The van der Waals surface area contributed by atoms with Crippen molar-refractivity contribution in [3.05, 3.63) is 24.4 Å². The van der Waals surface area contributed by atoms with E-state index in [1.807, 2.05) is 35.7 Å². The number of aromatic nitrogens is 3. The van der Waals surface area contributed by atoms with E-state index in [9.17, 15) is 4.79 Å². The molecule has 4 rings (SSSR count). The summed E-state index contributed by atoms with van der Waals surface area (Å²) in [4.78, 5) is 12.6. The second kappa shape index (κ2) is 6.39. The van der Waals surface area contributed by atoms with Crippen molar-refractivity contribution >= 4 is 23.3 Å². The van der Waals surface area contributed by atoms with Gasteiger partial charge in [0.05, 0.1) is 5.25 Å². The second-order valence-electron chi connectivity index (χ2n) is 7.31. The van der Waals surface area contributed by atoms with Gasteiger partial charge in [0.1, 0.15) is 0 Å². The predicted molar refractivity (Wildman–Crippen MR) is 94.8 cm³/mol. The van der Waals surface area contributed by atoms with Crippen LogP contribution in [0.3, 0.4) is 0 Å². The van der Waals surface area contributed by atoms with E-state index in [0.717, 1.165) is 22.6 Å². The molecule has 128 valence electrons. The van der Waals surface area contributed by atoms with Gasteiger partial charge in [0.15, 0.2) is 10.8 Å². The Morgan fingerprint density at radius 2 is 2.17 bits per heavy atom. The molecule has 6 heteroatoms. The molecule has 0 aromatic carbocycles. The zero-order valence-corrected chi connectivity index (χ0v) is 15.0. The third-order valence-corrected chi connectivity index (χ3v) is 6.80. The second-order valence-corrected chi connectivity index (χ2v) is 8.62. The number of amides is 1. The van der Waals surface area contributed by atoms with Crippen molar-refractivity contribution in [1.29, 1.82) is 0 Å². The highest BCUT2D eigenvalue weighted by molar-refractivity contribution is 8.00. The van der Waals surface area contributed by atoms with Gasteiger partial charge < -0.3 is 5.32 Å². The highest BCUT2D eigenvalue weighted by Gasteiger charge is 2.42. The molecule has 2 aliphatic rings. The molecule has 1 amide bonds. The van der Waals surface area contributed by atoms with Crippen molar-refractivity contribution in [2.24, 2.45) is 17.8 Å². The Morgan fingerprint density at radius 3 is 2.92 bits per heavy atom. The molecule has 0 aliphatic heterocycles. The Hall–Kier alpha value is -1.56. The fourth-order valence-electron chi connectivity index (χ4n) is 4.47. The highest BCUT2D eigenvalue weighted by Crippen LogP contribution is 2.49. The van der Waals surface area contributed by atoms with Crippen molar-refractivity contribution in [2.75, 3.05) is 0 Å². The number of carbonyl (C=O) groups is 1. The summed E-state index contributed by atoms with van der Waals surface area (Å²) >= 11 is 1.46. The molecule has 2 aliphatic carbocycles. The van der Waals surface area contributed by atoms with Crippen LogP contribution in [0.2, 0.25) is 0 Å². The van der Waals surface area contributed by atoms with Crippen LogP contribution in [0.1, 0.15) is 39.5 Å². The molecule has 2 aromatic rings. The Morgan fingerprint density at radius 1 is 1.29 bits per heavy atom. The molecule has 2 heterocycles. The number of hydrogen-bond donors (Lipinski definition) is 1. The number of fused-ring (bicyclic) bond motifs is 3. The summed E-state index contributed by atoms with van der Waals surface area (Å²) in [5.74, 6) is 2.50. The maximum Gasteiger partial charge on any atom is 0.233 e. The van der Waals surface area contributed by atoms with E-state index >= 15 is 0 Å². The SMILES string of the molecule is C[C@H](Sc1nnc2ccccn12)C(=O)N[C@H](C)[C@H]1C[C@H]2CC[C@H]1C2. The zero-order valence-electron chi connectivity index (χ0n) is 14.2. The van der Waals surface area contributed by atoms with Crippen LogP contribution < -0.4 is 5.32 Å². The molecule has 1 N–H and O–H groups in total. The lowest BCUT2D eigenvalue weighted by Gasteiger charge is -2.29. The number of thioether (sulfide) groups is 1. The number of pyridine rings is 1. The van der Waals surface area contributed by atoms with Crippen molar-refractivity contribution in [1.82, 2.24) is 19.9 Å². The lowest BCUT2D eigenvalue weighted by Crippen LogP contribution is -2.43. The van der Waals surface area contributed by atoms with Gasteiger partial charge in [0.25, 0.3) is 0 Å². The van der Waals surface area contributed by atoms with Gasteiger partial charge in [-0.2, -0.15) is 0 Å². The van der Waals surface area contributed by atoms with Crippen molar-refractivity contribution in [3.8, 4) is 0 Å². The predicted octanol–water partition coefficient (Wildman–Crippen LogP) is 3.15. The summed E-state index contributed by atoms with van der Waals surface area (Å²) in [6.45, 7) is 4.12. The molecule has 0 unspecified atom stereocenters. The Balaban J connectivity index is 1.37. The number of hydrogen-bond acceptors (Lipinski definition) is 4. The minimum atomic E-state index is -0.182. The topological polar surface area (TPSA) is 59.3 Å². The summed E-state index contributed by atoms with van der Waals surface area (Å²) in [7, 11) is 0.